The van der Waals surface area contributed by atoms with Crippen LogP contribution in [0.4, 0.5) is 0 Å². The van der Waals surface area contributed by atoms with Gasteiger partial charge in [0.25, 0.3) is 0 Å². The van der Waals surface area contributed by atoms with Gasteiger partial charge in [-0.1, -0.05) is 48.5 Å². The Kier molecular flexibility index (Phi) is 5.81. The fourth-order valence-electron chi connectivity index (χ4n) is 3.03. The Balaban J connectivity index is 1.78. The van der Waals surface area contributed by atoms with E-state index < -0.39 is 20.0 Å². The molecule has 2 aromatic carbocycles. The van der Waals surface area contributed by atoms with Gasteiger partial charge in [-0.3, -0.25) is 0 Å². The third kappa shape index (κ3) is 4.84. The van der Waals surface area contributed by atoms with Crippen molar-refractivity contribution >= 4 is 26.1 Å². The molecule has 0 spiro atoms. The van der Waals surface area contributed by atoms with Gasteiger partial charge in [-0.15, -0.1) is 0 Å². The summed E-state index contributed by atoms with van der Waals surface area (Å²) in [4.78, 5) is 0.349. The molecule has 0 saturated carbocycles. The third-order valence-corrected chi connectivity index (χ3v) is 7.43. The van der Waals surface area contributed by atoms with Gasteiger partial charge in [0.2, 0.25) is 20.0 Å². The lowest BCUT2D eigenvalue weighted by molar-refractivity contribution is 0.585. The standard InChI is InChI=1S/C19H22N2O4S2/c1-20-26(22,23)14-18-9-5-4-8-17(18)13-21-27(24,25)19-11-10-15-6-2-3-7-16(15)12-19/h2-9,12,20-21H,10-11,13-14H2,1H3. The zero-order chi connectivity index (χ0) is 19.5. The number of hydrogen-bond acceptors (Lipinski definition) is 4. The summed E-state index contributed by atoms with van der Waals surface area (Å²) in [6.07, 6.45) is 2.83. The van der Waals surface area contributed by atoms with Crippen molar-refractivity contribution < 1.29 is 16.8 Å². The summed E-state index contributed by atoms with van der Waals surface area (Å²) >= 11 is 0. The van der Waals surface area contributed by atoms with Crippen LogP contribution in [-0.4, -0.2) is 23.9 Å². The first-order chi connectivity index (χ1) is 12.8. The fourth-order valence-corrected chi connectivity index (χ4v) is 5.05. The lowest BCUT2D eigenvalue weighted by atomic mass is 9.98. The van der Waals surface area contributed by atoms with Gasteiger partial charge < -0.3 is 0 Å². The molecular formula is C19H22N2O4S2. The zero-order valence-electron chi connectivity index (χ0n) is 15.0. The monoisotopic (exact) mass is 406 g/mol. The van der Waals surface area contributed by atoms with Gasteiger partial charge in [0.1, 0.15) is 0 Å². The smallest absolute Gasteiger partial charge is 0.218 e. The van der Waals surface area contributed by atoms with Crippen LogP contribution in [-0.2, 0) is 38.8 Å². The highest BCUT2D eigenvalue weighted by Crippen LogP contribution is 2.26. The molecule has 6 nitrogen and oxygen atoms in total. The second-order valence-corrected chi connectivity index (χ2v) is 10.1. The number of nitrogens with one attached hydrogen (secondary N) is 2. The van der Waals surface area contributed by atoms with E-state index in [1.807, 2.05) is 24.3 Å². The minimum atomic E-state index is -3.64. The Labute approximate surface area is 160 Å². The molecule has 0 radical (unpaired) electrons. The second kappa shape index (κ2) is 7.93. The summed E-state index contributed by atoms with van der Waals surface area (Å²) in [6.45, 7) is 0.0384. The molecule has 0 amide bonds. The molecule has 0 heterocycles. The number of hydrogen-bond donors (Lipinski definition) is 2. The van der Waals surface area contributed by atoms with E-state index in [1.165, 1.54) is 7.05 Å². The van der Waals surface area contributed by atoms with Crippen molar-refractivity contribution in [1.82, 2.24) is 9.44 Å². The van der Waals surface area contributed by atoms with Crippen LogP contribution >= 0.6 is 0 Å². The van der Waals surface area contributed by atoms with E-state index in [2.05, 4.69) is 9.44 Å². The van der Waals surface area contributed by atoms with Crippen molar-refractivity contribution in [3.63, 3.8) is 0 Å². The first kappa shape index (κ1) is 19.8. The average Bonchev–Trinajstić information content (AvgIpc) is 2.66. The quantitative estimate of drug-likeness (QED) is 0.737. The molecule has 27 heavy (non-hydrogen) atoms. The van der Waals surface area contributed by atoms with Gasteiger partial charge in [0.05, 0.1) is 10.7 Å². The lowest BCUT2D eigenvalue weighted by Gasteiger charge is -2.17. The number of fused-ring (bicyclic) bond motifs is 1. The van der Waals surface area contributed by atoms with Gasteiger partial charge in [0, 0.05) is 6.54 Å². The first-order valence-corrected chi connectivity index (χ1v) is 11.7. The predicted molar refractivity (Wildman–Crippen MR) is 107 cm³/mol. The van der Waals surface area contributed by atoms with Gasteiger partial charge in [-0.2, -0.15) is 0 Å². The van der Waals surface area contributed by atoms with E-state index in [9.17, 15) is 16.8 Å². The number of sulfonamides is 2. The summed E-state index contributed by atoms with van der Waals surface area (Å²) in [5.41, 5.74) is 3.26. The van der Waals surface area contributed by atoms with Gasteiger partial charge in [-0.05, 0) is 48.2 Å². The van der Waals surface area contributed by atoms with Crippen molar-refractivity contribution in [3.05, 3.63) is 75.7 Å². The molecule has 0 bridgehead atoms. The number of benzene rings is 2. The maximum Gasteiger partial charge on any atom is 0.237 e. The molecule has 8 heteroatoms. The lowest BCUT2D eigenvalue weighted by Crippen LogP contribution is -2.27. The normalized spacial score (nSPS) is 14.5. The highest BCUT2D eigenvalue weighted by molar-refractivity contribution is 7.93. The van der Waals surface area contributed by atoms with E-state index in [0.717, 1.165) is 11.1 Å². The van der Waals surface area contributed by atoms with Crippen molar-refractivity contribution in [1.29, 1.82) is 0 Å². The summed E-state index contributed by atoms with van der Waals surface area (Å²) in [5, 5.41) is 0. The van der Waals surface area contributed by atoms with Gasteiger partial charge in [0.15, 0.2) is 0 Å². The molecule has 0 unspecified atom stereocenters. The molecule has 0 aliphatic heterocycles. The Hall–Kier alpha value is -2.00. The number of rotatable bonds is 7. The Bertz CT molecular complexity index is 1070. The van der Waals surface area contributed by atoms with E-state index in [-0.39, 0.29) is 12.3 Å². The minimum Gasteiger partial charge on any atom is -0.218 e. The topological polar surface area (TPSA) is 92.3 Å². The van der Waals surface area contributed by atoms with Crippen molar-refractivity contribution in [3.8, 4) is 0 Å². The van der Waals surface area contributed by atoms with Crippen LogP contribution in [0.25, 0.3) is 6.08 Å². The molecule has 2 aromatic rings. The molecule has 2 N–H and O–H groups in total. The number of aryl methyl sites for hydroxylation is 1. The van der Waals surface area contributed by atoms with Crippen LogP contribution in [0.3, 0.4) is 0 Å². The number of allylic oxidation sites excluding steroid dienone is 1. The zero-order valence-corrected chi connectivity index (χ0v) is 16.6. The molecule has 0 atom stereocenters. The molecule has 144 valence electrons. The summed E-state index contributed by atoms with van der Waals surface area (Å²) in [6, 6.07) is 14.6. The molecule has 1 aliphatic carbocycles. The predicted octanol–water partition coefficient (Wildman–Crippen LogP) is 2.14. The molecular weight excluding hydrogens is 384 g/mol. The van der Waals surface area contributed by atoms with E-state index in [4.69, 9.17) is 0 Å². The van der Waals surface area contributed by atoms with Crippen molar-refractivity contribution in [2.24, 2.45) is 0 Å². The van der Waals surface area contributed by atoms with Crippen LogP contribution < -0.4 is 9.44 Å². The first-order valence-electron chi connectivity index (χ1n) is 8.57. The molecule has 0 saturated heterocycles. The van der Waals surface area contributed by atoms with E-state index in [0.29, 0.717) is 28.9 Å². The highest BCUT2D eigenvalue weighted by atomic mass is 32.2. The Morgan fingerprint density at radius 1 is 0.889 bits per heavy atom. The Morgan fingerprint density at radius 3 is 2.30 bits per heavy atom. The van der Waals surface area contributed by atoms with Crippen LogP contribution in [0.5, 0.6) is 0 Å². The molecule has 0 aromatic heterocycles. The van der Waals surface area contributed by atoms with Crippen molar-refractivity contribution in [2.45, 2.75) is 25.1 Å². The maximum absolute atomic E-state index is 12.7. The second-order valence-electron chi connectivity index (χ2n) is 6.37. The molecule has 0 fully saturated rings. The summed E-state index contributed by atoms with van der Waals surface area (Å²) in [5.74, 6) is -0.197. The van der Waals surface area contributed by atoms with Crippen LogP contribution in [0.15, 0.2) is 53.4 Å². The molecule has 1 aliphatic rings. The summed E-state index contributed by atoms with van der Waals surface area (Å²) < 4.78 is 54.0. The largest absolute Gasteiger partial charge is 0.237 e. The maximum atomic E-state index is 12.7. The Morgan fingerprint density at radius 2 is 1.56 bits per heavy atom. The SMILES string of the molecule is CNS(=O)(=O)Cc1ccccc1CNS(=O)(=O)C1=Cc2ccccc2CC1. The van der Waals surface area contributed by atoms with E-state index >= 15 is 0 Å². The average molecular weight is 407 g/mol. The highest BCUT2D eigenvalue weighted by Gasteiger charge is 2.22. The minimum absolute atomic E-state index is 0.0384. The van der Waals surface area contributed by atoms with Crippen molar-refractivity contribution in [2.75, 3.05) is 7.05 Å². The van der Waals surface area contributed by atoms with Gasteiger partial charge in [-0.25, -0.2) is 26.3 Å². The van der Waals surface area contributed by atoms with Crippen LogP contribution in [0.1, 0.15) is 28.7 Å². The fraction of sp³-hybridized carbons (Fsp3) is 0.263. The summed E-state index contributed by atoms with van der Waals surface area (Å²) in [7, 11) is -5.73. The van der Waals surface area contributed by atoms with Crippen LogP contribution in [0, 0.1) is 0 Å². The van der Waals surface area contributed by atoms with E-state index in [1.54, 1.807) is 30.3 Å². The molecule has 3 rings (SSSR count). The van der Waals surface area contributed by atoms with Crippen LogP contribution in [0.2, 0.25) is 0 Å². The van der Waals surface area contributed by atoms with Gasteiger partial charge >= 0.3 is 0 Å². The third-order valence-electron chi connectivity index (χ3n) is 4.59.